The number of hydrogen-bond donors (Lipinski definition) is 2. The van der Waals surface area contributed by atoms with Gasteiger partial charge in [0.25, 0.3) is 0 Å². The maximum atomic E-state index is 12.0. The molecule has 1 heterocycles. The molecule has 1 amide bonds. The number of nitrogens with zero attached hydrogens (tertiary/aromatic N) is 2. The lowest BCUT2D eigenvalue weighted by atomic mass is 10.1. The van der Waals surface area contributed by atoms with E-state index in [0.717, 1.165) is 36.5 Å². The van der Waals surface area contributed by atoms with E-state index in [-0.39, 0.29) is 24.6 Å². The third-order valence-electron chi connectivity index (χ3n) is 5.06. The number of ether oxygens (including phenoxy) is 3. The number of carbonyl (C=O) groups is 1. The minimum atomic E-state index is -0.0534. The fourth-order valence-electron chi connectivity index (χ4n) is 3.25. The molecule has 1 fully saturated rings. The molecule has 2 unspecified atom stereocenters. The molecule has 2 N–H and O–H groups in total. The summed E-state index contributed by atoms with van der Waals surface area (Å²) in [7, 11) is 3.46. The second-order valence-electron chi connectivity index (χ2n) is 7.76. The van der Waals surface area contributed by atoms with E-state index < -0.39 is 0 Å². The van der Waals surface area contributed by atoms with Crippen molar-refractivity contribution < 1.29 is 19.0 Å². The monoisotopic (exact) mass is 434 g/mol. The summed E-state index contributed by atoms with van der Waals surface area (Å²) in [4.78, 5) is 18.1. The van der Waals surface area contributed by atoms with Gasteiger partial charge in [0.05, 0.1) is 25.4 Å². The Morgan fingerprint density at radius 2 is 1.97 bits per heavy atom. The van der Waals surface area contributed by atoms with Crippen LogP contribution in [0, 0.1) is 0 Å². The second-order valence-corrected chi connectivity index (χ2v) is 7.76. The van der Waals surface area contributed by atoms with Gasteiger partial charge in [-0.05, 0) is 57.7 Å². The highest BCUT2D eigenvalue weighted by molar-refractivity contribution is 5.85. The van der Waals surface area contributed by atoms with Crippen molar-refractivity contribution in [2.45, 2.75) is 52.2 Å². The van der Waals surface area contributed by atoms with Crippen molar-refractivity contribution in [2.75, 3.05) is 47.0 Å². The number of aliphatic imine (C=N–C) groups is 1. The van der Waals surface area contributed by atoms with Crippen LogP contribution in [-0.2, 0) is 9.53 Å². The summed E-state index contributed by atoms with van der Waals surface area (Å²) in [5.41, 5.74) is 1.04. The van der Waals surface area contributed by atoms with E-state index in [4.69, 9.17) is 14.2 Å². The van der Waals surface area contributed by atoms with E-state index in [1.54, 1.807) is 14.1 Å². The molecule has 2 rings (SSSR count). The summed E-state index contributed by atoms with van der Waals surface area (Å²) in [6.07, 6.45) is 3.48. The van der Waals surface area contributed by atoms with E-state index in [0.29, 0.717) is 25.7 Å². The van der Waals surface area contributed by atoms with Gasteiger partial charge in [-0.2, -0.15) is 0 Å². The molecule has 0 bridgehead atoms. The van der Waals surface area contributed by atoms with Crippen LogP contribution in [0.5, 0.6) is 11.5 Å². The second kappa shape index (κ2) is 13.0. The van der Waals surface area contributed by atoms with Gasteiger partial charge in [0, 0.05) is 27.2 Å². The zero-order valence-corrected chi connectivity index (χ0v) is 19.6. The molecule has 1 aliphatic heterocycles. The minimum Gasteiger partial charge on any atom is -0.490 e. The van der Waals surface area contributed by atoms with Crippen LogP contribution in [0.2, 0.25) is 0 Å². The van der Waals surface area contributed by atoms with Crippen LogP contribution in [0.1, 0.15) is 51.6 Å². The fourth-order valence-corrected chi connectivity index (χ4v) is 3.25. The highest BCUT2D eigenvalue weighted by Crippen LogP contribution is 2.30. The highest BCUT2D eigenvalue weighted by atomic mass is 16.5. The van der Waals surface area contributed by atoms with Gasteiger partial charge in [-0.25, -0.2) is 4.99 Å². The first-order valence-corrected chi connectivity index (χ1v) is 11.2. The summed E-state index contributed by atoms with van der Waals surface area (Å²) >= 11 is 0. The molecule has 1 aromatic rings. The molecular weight excluding hydrogens is 396 g/mol. The Balaban J connectivity index is 2.10. The van der Waals surface area contributed by atoms with Crippen molar-refractivity contribution in [3.63, 3.8) is 0 Å². The predicted octanol–water partition coefficient (Wildman–Crippen LogP) is 2.74. The Labute approximate surface area is 186 Å². The van der Waals surface area contributed by atoms with Gasteiger partial charge in [-0.15, -0.1) is 0 Å². The van der Waals surface area contributed by atoms with Gasteiger partial charge in [-0.1, -0.05) is 6.07 Å². The number of benzene rings is 1. The Kier molecular flexibility index (Phi) is 10.4. The van der Waals surface area contributed by atoms with Crippen LogP contribution in [-0.4, -0.2) is 69.9 Å². The number of likely N-dealkylation sites (N-methyl/N-ethyl adjacent to an activating group) is 1. The molecule has 0 spiro atoms. The molecule has 0 radical (unpaired) electrons. The van der Waals surface area contributed by atoms with Crippen molar-refractivity contribution in [3.8, 4) is 11.5 Å². The van der Waals surface area contributed by atoms with Crippen LogP contribution in [0.15, 0.2) is 23.2 Å². The maximum Gasteiger partial charge on any atom is 0.243 e. The molecule has 174 valence electrons. The van der Waals surface area contributed by atoms with Crippen molar-refractivity contribution in [2.24, 2.45) is 4.99 Å². The van der Waals surface area contributed by atoms with Crippen LogP contribution in [0.25, 0.3) is 0 Å². The molecule has 2 atom stereocenters. The molecule has 1 aromatic carbocycles. The summed E-state index contributed by atoms with van der Waals surface area (Å²) in [5.74, 6) is 1.99. The Morgan fingerprint density at radius 1 is 1.23 bits per heavy atom. The number of carbonyl (C=O) groups excluding carboxylic acids is 1. The summed E-state index contributed by atoms with van der Waals surface area (Å²) < 4.78 is 17.2. The van der Waals surface area contributed by atoms with Gasteiger partial charge in [-0.3, -0.25) is 4.79 Å². The summed E-state index contributed by atoms with van der Waals surface area (Å²) in [5, 5.41) is 6.75. The highest BCUT2D eigenvalue weighted by Gasteiger charge is 2.17. The van der Waals surface area contributed by atoms with E-state index >= 15 is 0 Å². The van der Waals surface area contributed by atoms with Gasteiger partial charge in [0.1, 0.15) is 6.54 Å². The Morgan fingerprint density at radius 3 is 2.61 bits per heavy atom. The maximum absolute atomic E-state index is 12.0. The van der Waals surface area contributed by atoms with Crippen molar-refractivity contribution >= 4 is 11.9 Å². The predicted molar refractivity (Wildman–Crippen MR) is 123 cm³/mol. The fraction of sp³-hybridized carbons (Fsp3) is 0.652. The van der Waals surface area contributed by atoms with Crippen LogP contribution < -0.4 is 20.1 Å². The topological polar surface area (TPSA) is 84.4 Å². The Bertz CT molecular complexity index is 718. The van der Waals surface area contributed by atoms with Gasteiger partial charge >= 0.3 is 0 Å². The summed E-state index contributed by atoms with van der Waals surface area (Å²) in [6.45, 7) is 8.63. The minimum absolute atomic E-state index is 0.0529. The lowest BCUT2D eigenvalue weighted by molar-refractivity contribution is -0.127. The number of amides is 1. The first kappa shape index (κ1) is 24.8. The zero-order valence-electron chi connectivity index (χ0n) is 19.6. The molecule has 8 nitrogen and oxygen atoms in total. The average Bonchev–Trinajstić information content (AvgIpc) is 2.77. The lowest BCUT2D eigenvalue weighted by Gasteiger charge is -2.25. The number of hydrogen-bond acceptors (Lipinski definition) is 5. The van der Waals surface area contributed by atoms with Crippen LogP contribution in [0.3, 0.4) is 0 Å². The third-order valence-corrected chi connectivity index (χ3v) is 5.06. The molecular formula is C23H38N4O4. The van der Waals surface area contributed by atoms with Crippen LogP contribution in [0.4, 0.5) is 0 Å². The average molecular weight is 435 g/mol. The standard InChI is InChI=1S/C23H38N4O4/c1-6-29-20-12-11-18(14-21(20)30-7-2)17(3)26-23(25-16-22(28)27(4)5)24-15-19-10-8-9-13-31-19/h11-12,14,17,19H,6-10,13,15-16H2,1-5H3,(H2,24,25,26). The van der Waals surface area contributed by atoms with Crippen molar-refractivity contribution in [3.05, 3.63) is 23.8 Å². The molecule has 8 heteroatoms. The number of nitrogens with one attached hydrogen (secondary N) is 2. The first-order chi connectivity index (χ1) is 14.9. The number of rotatable bonds is 10. The van der Waals surface area contributed by atoms with Gasteiger partial charge in [0.15, 0.2) is 17.5 Å². The van der Waals surface area contributed by atoms with Crippen LogP contribution >= 0.6 is 0 Å². The van der Waals surface area contributed by atoms with E-state index in [1.165, 1.54) is 11.3 Å². The molecule has 0 aromatic heterocycles. The largest absolute Gasteiger partial charge is 0.490 e. The van der Waals surface area contributed by atoms with Crippen molar-refractivity contribution in [1.29, 1.82) is 0 Å². The molecule has 31 heavy (non-hydrogen) atoms. The smallest absolute Gasteiger partial charge is 0.243 e. The molecule has 1 aliphatic rings. The van der Waals surface area contributed by atoms with Gasteiger partial charge < -0.3 is 29.7 Å². The summed E-state index contributed by atoms with van der Waals surface area (Å²) in [6, 6.07) is 5.87. The molecule has 0 saturated carbocycles. The first-order valence-electron chi connectivity index (χ1n) is 11.2. The quantitative estimate of drug-likeness (QED) is 0.435. The van der Waals surface area contributed by atoms with E-state index in [9.17, 15) is 4.79 Å². The SMILES string of the molecule is CCOc1ccc(C(C)NC(=NCC(=O)N(C)C)NCC2CCCCO2)cc1OCC. The zero-order chi connectivity index (χ0) is 22.6. The van der Waals surface area contributed by atoms with E-state index in [2.05, 4.69) is 15.6 Å². The van der Waals surface area contributed by atoms with Crippen molar-refractivity contribution in [1.82, 2.24) is 15.5 Å². The third kappa shape index (κ3) is 8.28. The molecule has 1 saturated heterocycles. The van der Waals surface area contributed by atoms with Gasteiger partial charge in [0.2, 0.25) is 5.91 Å². The number of guanidine groups is 1. The lowest BCUT2D eigenvalue weighted by Crippen LogP contribution is -2.44. The normalized spacial score (nSPS) is 17.6. The molecule has 0 aliphatic carbocycles. The van der Waals surface area contributed by atoms with E-state index in [1.807, 2.05) is 39.0 Å². The Hall–Kier alpha value is -2.48.